The van der Waals surface area contributed by atoms with Gasteiger partial charge in [0, 0.05) is 5.56 Å². The summed E-state index contributed by atoms with van der Waals surface area (Å²) in [6, 6.07) is 12.4. The molecule has 22 heavy (non-hydrogen) atoms. The van der Waals surface area contributed by atoms with E-state index in [0.717, 1.165) is 28.1 Å². The highest BCUT2D eigenvalue weighted by Gasteiger charge is 2.16. The van der Waals surface area contributed by atoms with E-state index in [9.17, 15) is 0 Å². The van der Waals surface area contributed by atoms with Gasteiger partial charge in [-0.1, -0.05) is 35.5 Å². The predicted octanol–water partition coefficient (Wildman–Crippen LogP) is 3.75. The summed E-state index contributed by atoms with van der Waals surface area (Å²) in [6.45, 7) is 8.29. The molecule has 2 aromatic carbocycles. The zero-order valence-electron chi connectivity index (χ0n) is 13.4. The van der Waals surface area contributed by atoms with Crippen molar-refractivity contribution < 1.29 is 0 Å². The van der Waals surface area contributed by atoms with E-state index in [-0.39, 0.29) is 0 Å². The monoisotopic (exact) mass is 292 g/mol. The standard InChI is InChI=1S/C18H20N4/c1-11-8-9-15(10-14(11)4)16-18(19)22(21-20-16)17-12(2)6-5-7-13(17)3/h5-10H,19H2,1-4H3. The molecule has 0 aliphatic carbocycles. The smallest absolute Gasteiger partial charge is 0.155 e. The molecule has 0 amide bonds. The Balaban J connectivity index is 2.15. The number of nitrogen functional groups attached to an aromatic ring is 1. The molecule has 112 valence electrons. The van der Waals surface area contributed by atoms with Gasteiger partial charge < -0.3 is 5.73 Å². The predicted molar refractivity (Wildman–Crippen MR) is 90.2 cm³/mol. The van der Waals surface area contributed by atoms with Gasteiger partial charge >= 0.3 is 0 Å². The molecular formula is C18H20N4. The number of anilines is 1. The van der Waals surface area contributed by atoms with Gasteiger partial charge in [-0.3, -0.25) is 0 Å². The minimum Gasteiger partial charge on any atom is -0.382 e. The number of rotatable bonds is 2. The molecule has 0 fully saturated rings. The van der Waals surface area contributed by atoms with Crippen LogP contribution in [0.5, 0.6) is 0 Å². The number of hydrogen-bond acceptors (Lipinski definition) is 3. The largest absolute Gasteiger partial charge is 0.382 e. The van der Waals surface area contributed by atoms with Gasteiger partial charge in [-0.15, -0.1) is 5.10 Å². The molecule has 0 aliphatic rings. The van der Waals surface area contributed by atoms with Crippen LogP contribution in [0.25, 0.3) is 16.9 Å². The Hall–Kier alpha value is -2.62. The summed E-state index contributed by atoms with van der Waals surface area (Å²) in [5.41, 5.74) is 13.8. The maximum Gasteiger partial charge on any atom is 0.155 e. The lowest BCUT2D eigenvalue weighted by Crippen LogP contribution is -2.06. The van der Waals surface area contributed by atoms with Crippen LogP contribution in [0.15, 0.2) is 36.4 Å². The van der Waals surface area contributed by atoms with Crippen molar-refractivity contribution in [2.24, 2.45) is 0 Å². The highest BCUT2D eigenvalue weighted by atomic mass is 15.5. The summed E-state index contributed by atoms with van der Waals surface area (Å²) < 4.78 is 1.73. The Morgan fingerprint density at radius 1 is 0.864 bits per heavy atom. The average molecular weight is 292 g/mol. The molecule has 3 aromatic rings. The van der Waals surface area contributed by atoms with Crippen LogP contribution in [-0.4, -0.2) is 15.0 Å². The van der Waals surface area contributed by atoms with Crippen LogP contribution in [0.1, 0.15) is 22.3 Å². The van der Waals surface area contributed by atoms with E-state index in [1.54, 1.807) is 4.68 Å². The molecule has 0 aliphatic heterocycles. The van der Waals surface area contributed by atoms with Gasteiger partial charge in [-0.2, -0.15) is 4.68 Å². The van der Waals surface area contributed by atoms with Crippen molar-refractivity contribution in [2.75, 3.05) is 5.73 Å². The molecule has 2 N–H and O–H groups in total. The van der Waals surface area contributed by atoms with Gasteiger partial charge in [-0.05, 0) is 56.0 Å². The molecule has 0 unspecified atom stereocenters. The Morgan fingerprint density at radius 3 is 2.18 bits per heavy atom. The molecule has 1 aromatic heterocycles. The second-order valence-corrected chi connectivity index (χ2v) is 5.77. The molecular weight excluding hydrogens is 272 g/mol. The first-order valence-electron chi connectivity index (χ1n) is 7.34. The number of aromatic nitrogens is 3. The first kappa shape index (κ1) is 14.3. The third-order valence-electron chi connectivity index (χ3n) is 4.14. The highest BCUT2D eigenvalue weighted by molar-refractivity contribution is 5.72. The molecule has 0 saturated heterocycles. The fourth-order valence-corrected chi connectivity index (χ4v) is 2.69. The van der Waals surface area contributed by atoms with E-state index in [0.29, 0.717) is 5.82 Å². The van der Waals surface area contributed by atoms with Gasteiger partial charge in [0.2, 0.25) is 0 Å². The second-order valence-electron chi connectivity index (χ2n) is 5.77. The van der Waals surface area contributed by atoms with Crippen LogP contribution in [0.2, 0.25) is 0 Å². The number of para-hydroxylation sites is 1. The molecule has 4 heteroatoms. The number of benzene rings is 2. The Bertz CT molecular complexity index is 826. The van der Waals surface area contributed by atoms with Gasteiger partial charge in [-0.25, -0.2) is 0 Å². The molecule has 0 saturated carbocycles. The summed E-state index contributed by atoms with van der Waals surface area (Å²) >= 11 is 0. The fourth-order valence-electron chi connectivity index (χ4n) is 2.69. The van der Waals surface area contributed by atoms with Crippen molar-refractivity contribution in [1.82, 2.24) is 15.0 Å². The van der Waals surface area contributed by atoms with Crippen LogP contribution in [0.3, 0.4) is 0 Å². The summed E-state index contributed by atoms with van der Waals surface area (Å²) in [4.78, 5) is 0. The van der Waals surface area contributed by atoms with Gasteiger partial charge in [0.25, 0.3) is 0 Å². The van der Waals surface area contributed by atoms with Crippen molar-refractivity contribution in [3.05, 3.63) is 58.7 Å². The Labute approximate surface area is 130 Å². The maximum absolute atomic E-state index is 6.33. The van der Waals surface area contributed by atoms with Gasteiger partial charge in [0.1, 0.15) is 5.69 Å². The maximum atomic E-state index is 6.33. The van der Waals surface area contributed by atoms with Crippen molar-refractivity contribution in [3.8, 4) is 16.9 Å². The number of nitrogens with two attached hydrogens (primary N) is 1. The number of hydrogen-bond donors (Lipinski definition) is 1. The number of nitrogens with zero attached hydrogens (tertiary/aromatic N) is 3. The average Bonchev–Trinajstić information content (AvgIpc) is 2.84. The third-order valence-corrected chi connectivity index (χ3v) is 4.14. The zero-order valence-corrected chi connectivity index (χ0v) is 13.4. The van der Waals surface area contributed by atoms with Crippen molar-refractivity contribution in [2.45, 2.75) is 27.7 Å². The van der Waals surface area contributed by atoms with E-state index in [1.165, 1.54) is 11.1 Å². The van der Waals surface area contributed by atoms with E-state index in [1.807, 2.05) is 12.1 Å². The lowest BCUT2D eigenvalue weighted by Gasteiger charge is -2.10. The van der Waals surface area contributed by atoms with E-state index >= 15 is 0 Å². The van der Waals surface area contributed by atoms with Crippen molar-refractivity contribution >= 4 is 5.82 Å². The summed E-state index contributed by atoms with van der Waals surface area (Å²) in [5, 5.41) is 8.58. The molecule has 0 atom stereocenters. The fraction of sp³-hybridized carbons (Fsp3) is 0.222. The van der Waals surface area contributed by atoms with E-state index < -0.39 is 0 Å². The SMILES string of the molecule is Cc1ccc(-c2nnn(-c3c(C)cccc3C)c2N)cc1C. The first-order valence-corrected chi connectivity index (χ1v) is 7.34. The van der Waals surface area contributed by atoms with Gasteiger partial charge in [0.15, 0.2) is 5.82 Å². The van der Waals surface area contributed by atoms with Crippen LogP contribution in [-0.2, 0) is 0 Å². The first-order chi connectivity index (χ1) is 10.5. The lowest BCUT2D eigenvalue weighted by molar-refractivity contribution is 0.801. The molecule has 0 spiro atoms. The van der Waals surface area contributed by atoms with Crippen molar-refractivity contribution in [1.29, 1.82) is 0 Å². The zero-order chi connectivity index (χ0) is 15.9. The molecule has 0 bridgehead atoms. The van der Waals surface area contributed by atoms with Crippen LogP contribution in [0.4, 0.5) is 5.82 Å². The minimum atomic E-state index is 0.570. The van der Waals surface area contributed by atoms with E-state index in [2.05, 4.69) is 62.3 Å². The Morgan fingerprint density at radius 2 is 1.55 bits per heavy atom. The van der Waals surface area contributed by atoms with E-state index in [4.69, 9.17) is 5.73 Å². The summed E-state index contributed by atoms with van der Waals surface area (Å²) in [7, 11) is 0. The third kappa shape index (κ3) is 2.26. The molecule has 1 heterocycles. The Kier molecular flexibility index (Phi) is 3.45. The second kappa shape index (κ2) is 5.30. The quantitative estimate of drug-likeness (QED) is 0.782. The number of aryl methyl sites for hydroxylation is 4. The molecule has 4 nitrogen and oxygen atoms in total. The molecule has 0 radical (unpaired) electrons. The summed E-state index contributed by atoms with van der Waals surface area (Å²) in [6.07, 6.45) is 0. The van der Waals surface area contributed by atoms with Crippen LogP contribution >= 0.6 is 0 Å². The molecule has 3 rings (SSSR count). The highest BCUT2D eigenvalue weighted by Crippen LogP contribution is 2.28. The topological polar surface area (TPSA) is 56.7 Å². The van der Waals surface area contributed by atoms with Crippen LogP contribution in [0, 0.1) is 27.7 Å². The van der Waals surface area contributed by atoms with Crippen LogP contribution < -0.4 is 5.73 Å². The van der Waals surface area contributed by atoms with Crippen molar-refractivity contribution in [3.63, 3.8) is 0 Å². The summed E-state index contributed by atoms with van der Waals surface area (Å²) in [5.74, 6) is 0.570. The normalized spacial score (nSPS) is 10.9. The minimum absolute atomic E-state index is 0.570. The van der Waals surface area contributed by atoms with Gasteiger partial charge in [0.05, 0.1) is 5.69 Å². The lowest BCUT2D eigenvalue weighted by atomic mass is 10.0.